The molecule has 2 aliphatic rings. The Morgan fingerprint density at radius 1 is 1.11 bits per heavy atom. The summed E-state index contributed by atoms with van der Waals surface area (Å²) in [5.41, 5.74) is 4.23. The van der Waals surface area contributed by atoms with Crippen molar-refractivity contribution < 1.29 is 17.9 Å². The van der Waals surface area contributed by atoms with Crippen LogP contribution in [0.1, 0.15) is 41.3 Å². The number of carbonyl (C=O) groups is 1. The van der Waals surface area contributed by atoms with E-state index < -0.39 is 10.0 Å². The minimum Gasteiger partial charge on any atom is -0.376 e. The summed E-state index contributed by atoms with van der Waals surface area (Å²) in [5.74, 6) is -0.215. The molecule has 0 spiro atoms. The number of aromatic nitrogens is 1. The van der Waals surface area contributed by atoms with Gasteiger partial charge in [0.1, 0.15) is 0 Å². The first-order chi connectivity index (χ1) is 18.5. The summed E-state index contributed by atoms with van der Waals surface area (Å²) in [4.78, 5) is 20.6. The summed E-state index contributed by atoms with van der Waals surface area (Å²) >= 11 is 1.49. The van der Waals surface area contributed by atoms with Gasteiger partial charge in [0.15, 0.2) is 5.13 Å². The molecule has 3 heterocycles. The van der Waals surface area contributed by atoms with E-state index in [0.717, 1.165) is 46.3 Å². The van der Waals surface area contributed by atoms with Crippen molar-refractivity contribution in [1.29, 1.82) is 0 Å². The number of anilines is 2. The fraction of sp³-hybridized carbons (Fsp3) is 0.310. The lowest BCUT2D eigenvalue weighted by Gasteiger charge is -2.23. The molecule has 0 aliphatic carbocycles. The van der Waals surface area contributed by atoms with E-state index in [9.17, 15) is 13.2 Å². The monoisotopic (exact) mass is 547 g/mol. The van der Waals surface area contributed by atoms with Gasteiger partial charge in [-0.25, -0.2) is 13.4 Å². The predicted molar refractivity (Wildman–Crippen MR) is 151 cm³/mol. The SMILES string of the molecule is CCc1cccc2sc(N(CC3CCCO3)C(=O)c3ccc(S(=O)(=O)N4CCc5ccccc54)cc3)nc12. The van der Waals surface area contributed by atoms with E-state index in [1.165, 1.54) is 27.8 Å². The van der Waals surface area contributed by atoms with Crippen LogP contribution in [0.25, 0.3) is 10.2 Å². The van der Waals surface area contributed by atoms with Crippen molar-refractivity contribution in [3.8, 4) is 0 Å². The van der Waals surface area contributed by atoms with E-state index in [1.807, 2.05) is 36.4 Å². The summed E-state index contributed by atoms with van der Waals surface area (Å²) in [6.07, 6.45) is 3.36. The molecule has 3 aromatic carbocycles. The van der Waals surface area contributed by atoms with E-state index in [1.54, 1.807) is 17.0 Å². The third-order valence-corrected chi connectivity index (χ3v) is 10.2. The molecule has 1 aromatic heterocycles. The first kappa shape index (κ1) is 25.0. The Labute approximate surface area is 226 Å². The molecular formula is C29H29N3O4S2. The van der Waals surface area contributed by atoms with Gasteiger partial charge in [0.05, 0.1) is 33.4 Å². The van der Waals surface area contributed by atoms with Crippen LogP contribution in [0, 0.1) is 0 Å². The Bertz CT molecular complexity index is 1590. The highest BCUT2D eigenvalue weighted by Crippen LogP contribution is 2.34. The zero-order valence-corrected chi connectivity index (χ0v) is 22.8. The van der Waals surface area contributed by atoms with Crippen LogP contribution in [0.3, 0.4) is 0 Å². The molecule has 1 unspecified atom stereocenters. The minimum atomic E-state index is -3.73. The largest absolute Gasteiger partial charge is 0.376 e. The average Bonchev–Trinajstić information content (AvgIpc) is 3.70. The Kier molecular flexibility index (Phi) is 6.67. The quantitative estimate of drug-likeness (QED) is 0.308. The smallest absolute Gasteiger partial charge is 0.264 e. The van der Waals surface area contributed by atoms with Crippen LogP contribution in [0.15, 0.2) is 71.6 Å². The second kappa shape index (κ2) is 10.1. The normalized spacial score (nSPS) is 17.2. The van der Waals surface area contributed by atoms with Crippen LogP contribution in [0.4, 0.5) is 10.8 Å². The summed E-state index contributed by atoms with van der Waals surface area (Å²) in [5, 5.41) is 0.631. The number of para-hydroxylation sites is 2. The molecule has 0 bridgehead atoms. The number of hydrogen-bond donors (Lipinski definition) is 0. The fourth-order valence-electron chi connectivity index (χ4n) is 5.24. The van der Waals surface area contributed by atoms with Crippen molar-refractivity contribution in [2.75, 3.05) is 28.9 Å². The van der Waals surface area contributed by atoms with E-state index in [0.29, 0.717) is 36.8 Å². The van der Waals surface area contributed by atoms with Gasteiger partial charge < -0.3 is 4.74 Å². The second-order valence-corrected chi connectivity index (χ2v) is 12.5. The van der Waals surface area contributed by atoms with Crippen molar-refractivity contribution in [1.82, 2.24) is 4.98 Å². The van der Waals surface area contributed by atoms with Gasteiger partial charge >= 0.3 is 0 Å². The number of hydrogen-bond acceptors (Lipinski definition) is 6. The van der Waals surface area contributed by atoms with Crippen molar-refractivity contribution >= 4 is 48.3 Å². The molecule has 9 heteroatoms. The van der Waals surface area contributed by atoms with E-state index in [4.69, 9.17) is 9.72 Å². The van der Waals surface area contributed by atoms with E-state index in [-0.39, 0.29) is 16.9 Å². The standard InChI is InChI=1S/C29H29N3O4S2/c1-2-20-8-5-11-26-27(20)30-29(37-26)31(19-23-9-6-18-36-23)28(33)22-12-14-24(15-13-22)38(34,35)32-17-16-21-7-3-4-10-25(21)32/h3-5,7-8,10-15,23H,2,6,9,16-19H2,1H3. The molecular weight excluding hydrogens is 518 g/mol. The van der Waals surface area contributed by atoms with Crippen LogP contribution >= 0.6 is 11.3 Å². The van der Waals surface area contributed by atoms with Crippen LogP contribution < -0.4 is 9.21 Å². The predicted octanol–water partition coefficient (Wildman–Crippen LogP) is 5.44. The molecule has 0 saturated carbocycles. The molecule has 38 heavy (non-hydrogen) atoms. The molecule has 1 atom stereocenters. The average molecular weight is 548 g/mol. The number of sulfonamides is 1. The summed E-state index contributed by atoms with van der Waals surface area (Å²) < 4.78 is 35.2. The van der Waals surface area contributed by atoms with Crippen molar-refractivity contribution in [3.05, 3.63) is 83.4 Å². The number of thiazole rings is 1. The zero-order valence-electron chi connectivity index (χ0n) is 21.2. The summed E-state index contributed by atoms with van der Waals surface area (Å²) in [7, 11) is -3.73. The van der Waals surface area contributed by atoms with Crippen LogP contribution in [0.2, 0.25) is 0 Å². The highest BCUT2D eigenvalue weighted by atomic mass is 32.2. The van der Waals surface area contributed by atoms with Gasteiger partial charge in [0.25, 0.3) is 15.9 Å². The van der Waals surface area contributed by atoms with Gasteiger partial charge in [-0.15, -0.1) is 0 Å². The molecule has 196 valence electrons. The molecule has 7 nitrogen and oxygen atoms in total. The number of rotatable bonds is 7. The topological polar surface area (TPSA) is 79.8 Å². The van der Waals surface area contributed by atoms with Crippen molar-refractivity contribution in [2.24, 2.45) is 0 Å². The number of amides is 1. The number of ether oxygens (including phenoxy) is 1. The first-order valence-corrected chi connectivity index (χ1v) is 15.2. The number of fused-ring (bicyclic) bond motifs is 2. The minimum absolute atomic E-state index is 0.0495. The highest BCUT2D eigenvalue weighted by Gasteiger charge is 2.31. The number of benzene rings is 3. The molecule has 0 N–H and O–H groups in total. The number of carbonyl (C=O) groups excluding carboxylic acids is 1. The lowest BCUT2D eigenvalue weighted by molar-refractivity contribution is 0.0917. The maximum atomic E-state index is 13.8. The molecule has 6 rings (SSSR count). The third-order valence-electron chi connectivity index (χ3n) is 7.29. The molecule has 1 amide bonds. The van der Waals surface area contributed by atoms with Gasteiger partial charge in [-0.1, -0.05) is 48.6 Å². The van der Waals surface area contributed by atoms with Crippen molar-refractivity contribution in [3.63, 3.8) is 0 Å². The van der Waals surface area contributed by atoms with Gasteiger partial charge in [-0.2, -0.15) is 0 Å². The highest BCUT2D eigenvalue weighted by molar-refractivity contribution is 7.92. The zero-order chi connectivity index (χ0) is 26.3. The maximum absolute atomic E-state index is 13.8. The first-order valence-electron chi connectivity index (χ1n) is 13.0. The Morgan fingerprint density at radius 2 is 1.92 bits per heavy atom. The molecule has 2 aliphatic heterocycles. The second-order valence-electron chi connectivity index (χ2n) is 9.64. The van der Waals surface area contributed by atoms with Crippen molar-refractivity contribution in [2.45, 2.75) is 43.6 Å². The maximum Gasteiger partial charge on any atom is 0.264 e. The molecule has 0 radical (unpaired) electrons. The van der Waals surface area contributed by atoms with E-state index >= 15 is 0 Å². The molecule has 1 saturated heterocycles. The summed E-state index contributed by atoms with van der Waals surface area (Å²) in [6, 6.07) is 19.9. The number of nitrogens with zero attached hydrogens (tertiary/aromatic N) is 3. The number of aryl methyl sites for hydroxylation is 1. The Hall–Kier alpha value is -3.27. The Morgan fingerprint density at radius 3 is 2.68 bits per heavy atom. The van der Waals surface area contributed by atoms with Crippen LogP contribution in [-0.4, -0.2) is 45.1 Å². The molecule has 4 aromatic rings. The van der Waals surface area contributed by atoms with E-state index in [2.05, 4.69) is 13.0 Å². The van der Waals surface area contributed by atoms with Crippen LogP contribution in [0.5, 0.6) is 0 Å². The lowest BCUT2D eigenvalue weighted by Crippen LogP contribution is -2.37. The van der Waals surface area contributed by atoms with Crippen LogP contribution in [-0.2, 0) is 27.6 Å². The van der Waals surface area contributed by atoms with Gasteiger partial charge in [0, 0.05) is 18.7 Å². The summed E-state index contributed by atoms with van der Waals surface area (Å²) in [6.45, 7) is 3.61. The third kappa shape index (κ3) is 4.48. The fourth-order valence-corrected chi connectivity index (χ4v) is 7.77. The Balaban J connectivity index is 1.31. The molecule has 1 fully saturated rings. The lowest BCUT2D eigenvalue weighted by atomic mass is 10.1. The van der Waals surface area contributed by atoms with Gasteiger partial charge in [0.2, 0.25) is 0 Å². The van der Waals surface area contributed by atoms with Gasteiger partial charge in [-0.05, 0) is 73.2 Å². The van der Waals surface area contributed by atoms with Gasteiger partial charge in [-0.3, -0.25) is 14.0 Å².